The van der Waals surface area contributed by atoms with Crippen LogP contribution < -0.4 is 17.3 Å². The molecule has 2 heteroatoms. The lowest BCUT2D eigenvalue weighted by Gasteiger charge is -2.04. The second-order valence-electron chi connectivity index (χ2n) is 3.25. The minimum atomic E-state index is 0. The standard InChI is InChI=1S/C10H17N.ClH/c1-3-4-5-7-11-8-6-10(2)9-11;/h6,8-9H,3-5,7H2,1-2H3;1H. The molecular formula is C10H18ClN. The Kier molecular flexibility index (Phi) is 6.13. The third-order valence-electron chi connectivity index (χ3n) is 2.04. The van der Waals surface area contributed by atoms with E-state index in [1.54, 1.807) is 0 Å². The molecule has 0 saturated heterocycles. The first-order chi connectivity index (χ1) is 5.33. The number of hydrogen-bond acceptors (Lipinski definition) is 0. The average Bonchev–Trinajstić information content (AvgIpc) is 2.37. The van der Waals surface area contributed by atoms with E-state index in [9.17, 15) is 0 Å². The highest BCUT2D eigenvalue weighted by Gasteiger charge is 2.06. The largest absolute Gasteiger partial charge is 1.00 e. The Morgan fingerprint density at radius 1 is 1.33 bits per heavy atom. The molecule has 1 nitrogen and oxygen atoms in total. The smallest absolute Gasteiger partial charge is 0.102 e. The summed E-state index contributed by atoms with van der Waals surface area (Å²) in [5, 5.41) is 0. The molecule has 12 heavy (non-hydrogen) atoms. The van der Waals surface area contributed by atoms with Crippen LogP contribution in [0.4, 0.5) is 0 Å². The van der Waals surface area contributed by atoms with E-state index in [4.69, 9.17) is 0 Å². The first-order valence-electron chi connectivity index (χ1n) is 4.55. The van der Waals surface area contributed by atoms with E-state index in [1.807, 2.05) is 0 Å². The van der Waals surface area contributed by atoms with Crippen LogP contribution in [-0.4, -0.2) is 6.54 Å². The molecule has 0 radical (unpaired) electrons. The van der Waals surface area contributed by atoms with Gasteiger partial charge in [-0.25, -0.2) is 0 Å². The average molecular weight is 188 g/mol. The zero-order valence-corrected chi connectivity index (χ0v) is 8.69. The molecule has 1 rings (SSSR count). The summed E-state index contributed by atoms with van der Waals surface area (Å²) in [5.74, 6) is 0. The number of nitrogens with one attached hydrogen (secondary N) is 1. The summed E-state index contributed by atoms with van der Waals surface area (Å²) in [4.78, 5) is 1.51. The van der Waals surface area contributed by atoms with Gasteiger partial charge in [0.15, 0.2) is 0 Å². The Hall–Kier alpha value is -0.270. The molecule has 1 heterocycles. The molecule has 0 aromatic rings. The van der Waals surface area contributed by atoms with Crippen LogP contribution in [0.25, 0.3) is 0 Å². The van der Waals surface area contributed by atoms with Gasteiger partial charge in [-0.05, 0) is 25.8 Å². The zero-order chi connectivity index (χ0) is 8.10. The minimum Gasteiger partial charge on any atom is -1.00 e. The van der Waals surface area contributed by atoms with Gasteiger partial charge in [-0.1, -0.05) is 13.3 Å². The van der Waals surface area contributed by atoms with Crippen LogP contribution in [0.5, 0.6) is 0 Å². The lowest BCUT2D eigenvalue weighted by Crippen LogP contribution is -3.01. The zero-order valence-electron chi connectivity index (χ0n) is 7.94. The Morgan fingerprint density at radius 3 is 2.58 bits per heavy atom. The van der Waals surface area contributed by atoms with Crippen molar-refractivity contribution in [1.82, 2.24) is 0 Å². The third kappa shape index (κ3) is 3.93. The molecule has 70 valence electrons. The normalized spacial score (nSPS) is 20.5. The Morgan fingerprint density at radius 2 is 2.08 bits per heavy atom. The van der Waals surface area contributed by atoms with E-state index >= 15 is 0 Å². The highest BCUT2D eigenvalue weighted by Crippen LogP contribution is 1.95. The Balaban J connectivity index is 0.00000121. The van der Waals surface area contributed by atoms with Crippen molar-refractivity contribution in [2.45, 2.75) is 33.1 Å². The molecule has 0 aromatic carbocycles. The van der Waals surface area contributed by atoms with Crippen molar-refractivity contribution in [3.05, 3.63) is 24.0 Å². The van der Waals surface area contributed by atoms with Gasteiger partial charge in [0.25, 0.3) is 0 Å². The predicted molar refractivity (Wildman–Crippen MR) is 48.3 cm³/mol. The van der Waals surface area contributed by atoms with Crippen molar-refractivity contribution in [3.63, 3.8) is 0 Å². The monoisotopic (exact) mass is 187 g/mol. The van der Waals surface area contributed by atoms with Gasteiger partial charge in [0.1, 0.15) is 6.20 Å². The van der Waals surface area contributed by atoms with Gasteiger partial charge in [0.2, 0.25) is 0 Å². The fraction of sp³-hybridized carbons (Fsp3) is 0.600. The third-order valence-corrected chi connectivity index (χ3v) is 2.04. The first-order valence-corrected chi connectivity index (χ1v) is 4.55. The Labute approximate surface area is 81.6 Å². The number of quaternary nitrogens is 1. The van der Waals surface area contributed by atoms with Crippen LogP contribution in [0.15, 0.2) is 24.0 Å². The summed E-state index contributed by atoms with van der Waals surface area (Å²) >= 11 is 0. The summed E-state index contributed by atoms with van der Waals surface area (Å²) in [6, 6.07) is 0. The summed E-state index contributed by atoms with van der Waals surface area (Å²) in [7, 11) is 0. The first kappa shape index (κ1) is 11.7. The molecule has 1 aliphatic heterocycles. The van der Waals surface area contributed by atoms with Crippen molar-refractivity contribution < 1.29 is 17.3 Å². The van der Waals surface area contributed by atoms with Crippen molar-refractivity contribution in [1.29, 1.82) is 0 Å². The van der Waals surface area contributed by atoms with E-state index in [1.165, 1.54) is 36.3 Å². The number of allylic oxidation sites excluding steroid dienone is 2. The Bertz CT molecular complexity index is 173. The van der Waals surface area contributed by atoms with Crippen LogP contribution in [0, 0.1) is 0 Å². The molecule has 0 saturated carbocycles. The SMILES string of the molecule is CCCCC[NH+]1C=CC(C)=C1.[Cl-]. The van der Waals surface area contributed by atoms with Gasteiger partial charge in [-0.15, -0.1) is 0 Å². The molecule has 0 bridgehead atoms. The predicted octanol–water partition coefficient (Wildman–Crippen LogP) is -1.50. The van der Waals surface area contributed by atoms with Crippen LogP contribution >= 0.6 is 0 Å². The van der Waals surface area contributed by atoms with Gasteiger partial charge >= 0.3 is 0 Å². The van der Waals surface area contributed by atoms with E-state index in [-0.39, 0.29) is 12.4 Å². The minimum absolute atomic E-state index is 0. The van der Waals surface area contributed by atoms with Gasteiger partial charge in [0.05, 0.1) is 12.7 Å². The summed E-state index contributed by atoms with van der Waals surface area (Å²) < 4.78 is 0. The van der Waals surface area contributed by atoms with Gasteiger partial charge in [0, 0.05) is 5.57 Å². The van der Waals surface area contributed by atoms with Crippen molar-refractivity contribution >= 4 is 0 Å². The molecule has 1 N–H and O–H groups in total. The van der Waals surface area contributed by atoms with E-state index in [2.05, 4.69) is 32.3 Å². The highest BCUT2D eigenvalue weighted by atomic mass is 35.5. The van der Waals surface area contributed by atoms with Gasteiger partial charge < -0.3 is 12.4 Å². The van der Waals surface area contributed by atoms with Gasteiger partial charge in [-0.2, -0.15) is 0 Å². The number of unbranched alkanes of at least 4 members (excludes halogenated alkanes) is 2. The molecule has 1 unspecified atom stereocenters. The lowest BCUT2D eigenvalue weighted by molar-refractivity contribution is -0.788. The van der Waals surface area contributed by atoms with Crippen LogP contribution in [-0.2, 0) is 0 Å². The maximum Gasteiger partial charge on any atom is 0.102 e. The van der Waals surface area contributed by atoms with E-state index < -0.39 is 0 Å². The molecule has 0 spiro atoms. The van der Waals surface area contributed by atoms with Gasteiger partial charge in [-0.3, -0.25) is 4.90 Å². The van der Waals surface area contributed by atoms with Crippen LogP contribution in [0.1, 0.15) is 33.1 Å². The maximum atomic E-state index is 2.29. The second-order valence-corrected chi connectivity index (χ2v) is 3.25. The number of hydrogen-bond donors (Lipinski definition) is 1. The van der Waals surface area contributed by atoms with Crippen molar-refractivity contribution in [2.24, 2.45) is 0 Å². The summed E-state index contributed by atoms with van der Waals surface area (Å²) in [6.45, 7) is 5.67. The topological polar surface area (TPSA) is 4.44 Å². The molecule has 0 amide bonds. The number of halogens is 1. The lowest BCUT2D eigenvalue weighted by atomic mass is 10.2. The molecule has 1 atom stereocenters. The van der Waals surface area contributed by atoms with E-state index in [0.717, 1.165) is 0 Å². The summed E-state index contributed by atoms with van der Waals surface area (Å²) in [5.41, 5.74) is 1.40. The number of rotatable bonds is 4. The second kappa shape index (κ2) is 6.27. The van der Waals surface area contributed by atoms with Crippen molar-refractivity contribution in [2.75, 3.05) is 6.54 Å². The summed E-state index contributed by atoms with van der Waals surface area (Å²) in [6.07, 6.45) is 10.8. The molecule has 0 aromatic heterocycles. The maximum absolute atomic E-state index is 2.29. The van der Waals surface area contributed by atoms with Crippen molar-refractivity contribution in [3.8, 4) is 0 Å². The van der Waals surface area contributed by atoms with Crippen LogP contribution in [0.2, 0.25) is 0 Å². The van der Waals surface area contributed by atoms with Crippen LogP contribution in [0.3, 0.4) is 0 Å². The highest BCUT2D eigenvalue weighted by molar-refractivity contribution is 5.14. The fourth-order valence-electron chi connectivity index (χ4n) is 1.36. The molecule has 0 aliphatic carbocycles. The molecular weight excluding hydrogens is 170 g/mol. The molecule has 1 aliphatic rings. The fourth-order valence-corrected chi connectivity index (χ4v) is 1.36. The quantitative estimate of drug-likeness (QED) is 0.511. The molecule has 0 fully saturated rings. The van der Waals surface area contributed by atoms with E-state index in [0.29, 0.717) is 0 Å².